The first kappa shape index (κ1) is 13.5. The molecule has 0 fully saturated rings. The number of rotatable bonds is 2. The van der Waals surface area contributed by atoms with Crippen LogP contribution in [0.2, 0.25) is 5.02 Å². The lowest BCUT2D eigenvalue weighted by Gasteiger charge is -2.07. The first-order valence-corrected chi connectivity index (χ1v) is 6.56. The highest BCUT2D eigenvalue weighted by Gasteiger charge is 2.15. The molecular weight excluding hydrogens is 293 g/mol. The molecule has 1 amide bonds. The van der Waals surface area contributed by atoms with Crippen molar-refractivity contribution in [2.45, 2.75) is 0 Å². The number of fused-ring (bicyclic) bond motifs is 1. The molecule has 0 saturated carbocycles. The third-order valence-corrected chi connectivity index (χ3v) is 3.47. The second kappa shape index (κ2) is 5.10. The summed E-state index contributed by atoms with van der Waals surface area (Å²) in [5, 5.41) is 3.34. The number of carbonyl (C=O) groups is 1. The maximum Gasteiger partial charge on any atom is 0.257 e. The maximum absolute atomic E-state index is 13.7. The molecule has 1 aromatic heterocycles. The van der Waals surface area contributed by atoms with Crippen LogP contribution in [0.25, 0.3) is 10.9 Å². The topological polar surface area (TPSA) is 70.9 Å². The standard InChI is InChI=1S/C15H11ClFN3O/c16-11-2-1-3-12(17)14(11)20-15(21)10-7-19-13-6-8(18)4-5-9(10)13/h1-7,19H,18H2,(H,20,21). The average Bonchev–Trinajstić information content (AvgIpc) is 2.85. The highest BCUT2D eigenvalue weighted by Crippen LogP contribution is 2.27. The van der Waals surface area contributed by atoms with Crippen LogP contribution in [0.5, 0.6) is 0 Å². The Balaban J connectivity index is 1.98. The number of amides is 1. The van der Waals surface area contributed by atoms with E-state index < -0.39 is 11.7 Å². The number of aromatic nitrogens is 1. The zero-order chi connectivity index (χ0) is 15.0. The number of carbonyl (C=O) groups excluding carboxylic acids is 1. The van der Waals surface area contributed by atoms with Gasteiger partial charge in [-0.15, -0.1) is 0 Å². The van der Waals surface area contributed by atoms with Crippen LogP contribution >= 0.6 is 11.6 Å². The molecule has 0 bridgehead atoms. The summed E-state index contributed by atoms with van der Waals surface area (Å²) in [4.78, 5) is 15.2. The van der Waals surface area contributed by atoms with Crippen molar-refractivity contribution in [2.24, 2.45) is 0 Å². The molecule has 0 spiro atoms. The average molecular weight is 304 g/mol. The molecule has 0 atom stereocenters. The van der Waals surface area contributed by atoms with E-state index in [0.717, 1.165) is 5.52 Å². The SMILES string of the molecule is Nc1ccc2c(C(=O)Nc3c(F)cccc3Cl)c[nH]c2c1. The molecule has 3 rings (SSSR count). The number of H-pyrrole nitrogens is 1. The molecule has 106 valence electrons. The van der Waals surface area contributed by atoms with Gasteiger partial charge >= 0.3 is 0 Å². The van der Waals surface area contributed by atoms with Gasteiger partial charge in [0.05, 0.1) is 16.3 Å². The van der Waals surface area contributed by atoms with Crippen LogP contribution in [-0.2, 0) is 0 Å². The Hall–Kier alpha value is -2.53. The second-order valence-electron chi connectivity index (χ2n) is 4.56. The Morgan fingerprint density at radius 3 is 2.86 bits per heavy atom. The number of hydrogen-bond acceptors (Lipinski definition) is 2. The maximum atomic E-state index is 13.7. The van der Waals surface area contributed by atoms with E-state index in [1.54, 1.807) is 24.4 Å². The summed E-state index contributed by atoms with van der Waals surface area (Å²) in [6.45, 7) is 0. The lowest BCUT2D eigenvalue weighted by atomic mass is 10.1. The lowest BCUT2D eigenvalue weighted by Crippen LogP contribution is -2.13. The Kier molecular flexibility index (Phi) is 3.27. The molecule has 0 aliphatic rings. The highest BCUT2D eigenvalue weighted by molar-refractivity contribution is 6.34. The van der Waals surface area contributed by atoms with E-state index in [9.17, 15) is 9.18 Å². The van der Waals surface area contributed by atoms with Crippen LogP contribution in [0.1, 0.15) is 10.4 Å². The fraction of sp³-hybridized carbons (Fsp3) is 0. The second-order valence-corrected chi connectivity index (χ2v) is 4.97. The minimum Gasteiger partial charge on any atom is -0.399 e. The quantitative estimate of drug-likeness (QED) is 0.630. The predicted octanol–water partition coefficient (Wildman–Crippen LogP) is 3.79. The number of para-hydroxylation sites is 1. The van der Waals surface area contributed by atoms with Crippen LogP contribution in [0.3, 0.4) is 0 Å². The van der Waals surface area contributed by atoms with Gasteiger partial charge in [-0.25, -0.2) is 4.39 Å². The molecule has 0 unspecified atom stereocenters. The number of anilines is 2. The van der Waals surface area contributed by atoms with Gasteiger partial charge in [-0.3, -0.25) is 4.79 Å². The molecule has 3 aromatic rings. The van der Waals surface area contributed by atoms with Gasteiger partial charge in [0.1, 0.15) is 5.82 Å². The Morgan fingerprint density at radius 1 is 1.29 bits per heavy atom. The third kappa shape index (κ3) is 2.43. The number of nitrogen functional groups attached to an aromatic ring is 1. The van der Waals surface area contributed by atoms with Crippen LogP contribution in [0, 0.1) is 5.82 Å². The van der Waals surface area contributed by atoms with Crippen molar-refractivity contribution in [3.63, 3.8) is 0 Å². The number of hydrogen-bond donors (Lipinski definition) is 3. The molecule has 2 aromatic carbocycles. The Morgan fingerprint density at radius 2 is 2.10 bits per heavy atom. The molecule has 21 heavy (non-hydrogen) atoms. The monoisotopic (exact) mass is 303 g/mol. The largest absolute Gasteiger partial charge is 0.399 e. The van der Waals surface area contributed by atoms with Crippen LogP contribution in [0.15, 0.2) is 42.6 Å². The fourth-order valence-corrected chi connectivity index (χ4v) is 2.34. The zero-order valence-corrected chi connectivity index (χ0v) is 11.5. The molecule has 4 N–H and O–H groups in total. The Labute approximate surface area is 124 Å². The fourth-order valence-electron chi connectivity index (χ4n) is 2.13. The number of nitrogens with two attached hydrogens (primary N) is 1. The normalized spacial score (nSPS) is 10.8. The predicted molar refractivity (Wildman–Crippen MR) is 82.1 cm³/mol. The van der Waals surface area contributed by atoms with Crippen molar-refractivity contribution < 1.29 is 9.18 Å². The number of aromatic amines is 1. The van der Waals surface area contributed by atoms with Crippen molar-refractivity contribution in [1.82, 2.24) is 4.98 Å². The molecule has 0 radical (unpaired) electrons. The highest BCUT2D eigenvalue weighted by atomic mass is 35.5. The summed E-state index contributed by atoms with van der Waals surface area (Å²) in [6, 6.07) is 9.37. The van der Waals surface area contributed by atoms with Gasteiger partial charge in [0.2, 0.25) is 0 Å². The van der Waals surface area contributed by atoms with Crippen molar-refractivity contribution in [2.75, 3.05) is 11.1 Å². The minimum absolute atomic E-state index is 0.0334. The zero-order valence-electron chi connectivity index (χ0n) is 10.8. The van der Waals surface area contributed by atoms with Gasteiger partial charge < -0.3 is 16.0 Å². The summed E-state index contributed by atoms with van der Waals surface area (Å²) in [7, 11) is 0. The van der Waals surface area contributed by atoms with E-state index in [2.05, 4.69) is 10.3 Å². The summed E-state index contributed by atoms with van der Waals surface area (Å²) < 4.78 is 13.7. The van der Waals surface area contributed by atoms with Crippen LogP contribution < -0.4 is 11.1 Å². The van der Waals surface area contributed by atoms with Crippen molar-refractivity contribution in [3.05, 3.63) is 59.0 Å². The molecule has 0 saturated heterocycles. The number of benzene rings is 2. The van der Waals surface area contributed by atoms with Crippen LogP contribution in [-0.4, -0.2) is 10.9 Å². The smallest absolute Gasteiger partial charge is 0.257 e. The summed E-state index contributed by atoms with van der Waals surface area (Å²) in [5.74, 6) is -1.03. The molecule has 6 heteroatoms. The number of halogens is 2. The van der Waals surface area contributed by atoms with E-state index in [1.165, 1.54) is 18.2 Å². The first-order chi connectivity index (χ1) is 10.1. The van der Waals surface area contributed by atoms with Gasteiger partial charge in [0.25, 0.3) is 5.91 Å². The first-order valence-electron chi connectivity index (χ1n) is 6.18. The van der Waals surface area contributed by atoms with E-state index >= 15 is 0 Å². The number of nitrogens with one attached hydrogen (secondary N) is 2. The summed E-state index contributed by atoms with van der Waals surface area (Å²) in [5.41, 5.74) is 7.37. The molecular formula is C15H11ClFN3O. The van der Waals surface area contributed by atoms with Gasteiger partial charge in [-0.2, -0.15) is 0 Å². The van der Waals surface area contributed by atoms with Gasteiger partial charge in [-0.1, -0.05) is 17.7 Å². The van der Waals surface area contributed by atoms with Crippen molar-refractivity contribution >= 4 is 39.8 Å². The van der Waals surface area contributed by atoms with E-state index in [4.69, 9.17) is 17.3 Å². The third-order valence-electron chi connectivity index (χ3n) is 3.15. The minimum atomic E-state index is -0.583. The van der Waals surface area contributed by atoms with E-state index in [0.29, 0.717) is 16.6 Å². The molecule has 0 aliphatic carbocycles. The molecule has 4 nitrogen and oxygen atoms in total. The molecule has 1 heterocycles. The van der Waals surface area contributed by atoms with Crippen molar-refractivity contribution in [3.8, 4) is 0 Å². The molecule has 0 aliphatic heterocycles. The van der Waals surface area contributed by atoms with Gasteiger partial charge in [0.15, 0.2) is 0 Å². The van der Waals surface area contributed by atoms with Gasteiger partial charge in [0, 0.05) is 22.8 Å². The summed E-state index contributed by atoms with van der Waals surface area (Å²) >= 11 is 5.89. The van der Waals surface area contributed by atoms with Crippen molar-refractivity contribution in [1.29, 1.82) is 0 Å². The lowest BCUT2D eigenvalue weighted by molar-refractivity contribution is 0.102. The Bertz CT molecular complexity index is 824. The van der Waals surface area contributed by atoms with E-state index in [-0.39, 0.29) is 10.7 Å². The van der Waals surface area contributed by atoms with Crippen LogP contribution in [0.4, 0.5) is 15.8 Å². The van der Waals surface area contributed by atoms with Gasteiger partial charge in [-0.05, 0) is 30.3 Å². The van der Waals surface area contributed by atoms with E-state index in [1.807, 2.05) is 0 Å². The summed E-state index contributed by atoms with van der Waals surface area (Å²) in [6.07, 6.45) is 1.55.